The van der Waals surface area contributed by atoms with E-state index in [1.54, 1.807) is 42.7 Å². The molecule has 0 saturated carbocycles. The molecule has 0 radical (unpaired) electrons. The first-order valence-electron chi connectivity index (χ1n) is 9.06. The van der Waals surface area contributed by atoms with Crippen molar-refractivity contribution in [1.29, 1.82) is 0 Å². The predicted molar refractivity (Wildman–Crippen MR) is 109 cm³/mol. The van der Waals surface area contributed by atoms with Crippen LogP contribution in [0.1, 0.15) is 11.1 Å². The molecule has 1 aliphatic carbocycles. The van der Waals surface area contributed by atoms with Crippen molar-refractivity contribution in [3.05, 3.63) is 29.5 Å². The van der Waals surface area contributed by atoms with Crippen molar-refractivity contribution in [2.24, 2.45) is 0 Å². The van der Waals surface area contributed by atoms with E-state index >= 15 is 0 Å². The van der Waals surface area contributed by atoms with E-state index in [-0.39, 0.29) is 0 Å². The third-order valence-corrected chi connectivity index (χ3v) is 5.30. The lowest BCUT2D eigenvalue weighted by Gasteiger charge is -2.17. The number of fused-ring (bicyclic) bond motifs is 5. The Hall–Kier alpha value is -3.35. The topological polar surface area (TPSA) is 68.3 Å². The molecular weight excluding hydrogens is 374 g/mol. The van der Waals surface area contributed by atoms with Crippen molar-refractivity contribution in [3.8, 4) is 45.8 Å². The van der Waals surface area contributed by atoms with Crippen LogP contribution in [0.3, 0.4) is 0 Å². The zero-order chi connectivity index (χ0) is 20.7. The fourth-order valence-electron chi connectivity index (χ4n) is 4.10. The maximum absolute atomic E-state index is 5.75. The number of hydrogen-bond donors (Lipinski definition) is 0. The molecule has 0 fully saturated rings. The molecule has 4 rings (SSSR count). The van der Waals surface area contributed by atoms with Crippen molar-refractivity contribution in [1.82, 2.24) is 4.98 Å². The summed E-state index contributed by atoms with van der Waals surface area (Å²) >= 11 is 0. The Balaban J connectivity index is 2.08. The van der Waals surface area contributed by atoms with Crippen LogP contribution in [0.4, 0.5) is 0 Å². The highest BCUT2D eigenvalue weighted by Gasteiger charge is 2.32. The van der Waals surface area contributed by atoms with Gasteiger partial charge in [0.15, 0.2) is 23.0 Å². The van der Waals surface area contributed by atoms with Gasteiger partial charge in [-0.25, -0.2) is 0 Å². The van der Waals surface area contributed by atoms with Crippen LogP contribution in [0.5, 0.6) is 34.5 Å². The predicted octanol–water partition coefficient (Wildman–Crippen LogP) is 3.86. The van der Waals surface area contributed by atoms with Gasteiger partial charge in [-0.2, -0.15) is 0 Å². The second-order valence-electron chi connectivity index (χ2n) is 6.55. The number of nitrogens with zero attached hydrogens (tertiary/aromatic N) is 1. The van der Waals surface area contributed by atoms with Crippen LogP contribution in [-0.2, 0) is 6.42 Å². The summed E-state index contributed by atoms with van der Waals surface area (Å²) in [4.78, 5) is 4.75. The van der Waals surface area contributed by atoms with Crippen LogP contribution < -0.4 is 28.4 Å². The van der Waals surface area contributed by atoms with E-state index < -0.39 is 0 Å². The summed E-state index contributed by atoms with van der Waals surface area (Å²) in [6.07, 6.45) is 2.46. The van der Waals surface area contributed by atoms with Crippen LogP contribution in [-0.4, -0.2) is 47.6 Å². The van der Waals surface area contributed by atoms with Crippen LogP contribution in [0.25, 0.3) is 22.0 Å². The van der Waals surface area contributed by atoms with E-state index in [0.29, 0.717) is 40.9 Å². The van der Waals surface area contributed by atoms with Gasteiger partial charge in [0.25, 0.3) is 0 Å². The summed E-state index contributed by atoms with van der Waals surface area (Å²) in [5.74, 6) is 3.52. The van der Waals surface area contributed by atoms with Gasteiger partial charge in [0.2, 0.25) is 11.5 Å². The molecule has 7 heteroatoms. The number of benzene rings is 2. The van der Waals surface area contributed by atoms with Gasteiger partial charge in [0.05, 0.1) is 53.9 Å². The van der Waals surface area contributed by atoms with Crippen molar-refractivity contribution in [3.63, 3.8) is 0 Å². The highest BCUT2D eigenvalue weighted by Crippen LogP contribution is 2.54. The first-order valence-corrected chi connectivity index (χ1v) is 9.06. The summed E-state index contributed by atoms with van der Waals surface area (Å²) in [5.41, 5.74) is 3.81. The number of pyridine rings is 1. The first-order chi connectivity index (χ1) is 14.1. The van der Waals surface area contributed by atoms with Gasteiger partial charge in [0, 0.05) is 23.4 Å². The Morgan fingerprint density at radius 2 is 1.28 bits per heavy atom. The van der Waals surface area contributed by atoms with Crippen molar-refractivity contribution < 1.29 is 28.4 Å². The number of aromatic nitrogens is 1. The Morgan fingerprint density at radius 1 is 0.690 bits per heavy atom. The minimum absolute atomic E-state index is 0.544. The lowest BCUT2D eigenvalue weighted by Crippen LogP contribution is -1.99. The fourth-order valence-corrected chi connectivity index (χ4v) is 4.10. The molecule has 0 aliphatic heterocycles. The van der Waals surface area contributed by atoms with Gasteiger partial charge < -0.3 is 28.4 Å². The fraction of sp³-hybridized carbons (Fsp3) is 0.318. The quantitative estimate of drug-likeness (QED) is 0.489. The third-order valence-electron chi connectivity index (χ3n) is 5.30. The lowest BCUT2D eigenvalue weighted by atomic mass is 10.0. The average Bonchev–Trinajstić information content (AvgIpc) is 3.14. The number of ether oxygens (including phenoxy) is 6. The van der Waals surface area contributed by atoms with Crippen LogP contribution >= 0.6 is 0 Å². The minimum atomic E-state index is 0.544. The molecule has 3 aromatic rings. The minimum Gasteiger partial charge on any atom is -0.493 e. The Labute approximate surface area is 169 Å². The molecule has 1 aromatic heterocycles. The molecule has 0 amide bonds. The van der Waals surface area contributed by atoms with Gasteiger partial charge in [-0.05, 0) is 23.3 Å². The van der Waals surface area contributed by atoms with Gasteiger partial charge in [-0.1, -0.05) is 0 Å². The Kier molecular flexibility index (Phi) is 4.74. The second-order valence-corrected chi connectivity index (χ2v) is 6.55. The molecule has 2 aromatic carbocycles. The third kappa shape index (κ3) is 2.61. The smallest absolute Gasteiger partial charge is 0.204 e. The summed E-state index contributed by atoms with van der Waals surface area (Å²) in [6, 6.07) is 3.88. The van der Waals surface area contributed by atoms with Crippen LogP contribution in [0.2, 0.25) is 0 Å². The number of methoxy groups -OCH3 is 6. The second kappa shape index (κ2) is 7.24. The van der Waals surface area contributed by atoms with Crippen LogP contribution in [0, 0.1) is 0 Å². The van der Waals surface area contributed by atoms with E-state index in [4.69, 9.17) is 33.4 Å². The molecule has 0 atom stereocenters. The Bertz CT molecular complexity index is 1110. The molecule has 0 bridgehead atoms. The zero-order valence-electron chi connectivity index (χ0n) is 17.3. The van der Waals surface area contributed by atoms with Gasteiger partial charge in [0.1, 0.15) is 0 Å². The summed E-state index contributed by atoms with van der Waals surface area (Å²) < 4.78 is 33.6. The lowest BCUT2D eigenvalue weighted by molar-refractivity contribution is 0.325. The van der Waals surface area contributed by atoms with Crippen LogP contribution in [0.15, 0.2) is 18.3 Å². The maximum atomic E-state index is 5.75. The van der Waals surface area contributed by atoms with Crippen molar-refractivity contribution in [2.45, 2.75) is 6.42 Å². The summed E-state index contributed by atoms with van der Waals surface area (Å²) in [5, 5.41) is 1.84. The molecule has 29 heavy (non-hydrogen) atoms. The molecule has 7 nitrogen and oxygen atoms in total. The first kappa shape index (κ1) is 19.0. The zero-order valence-corrected chi connectivity index (χ0v) is 17.3. The maximum Gasteiger partial charge on any atom is 0.204 e. The van der Waals surface area contributed by atoms with Gasteiger partial charge in [-0.15, -0.1) is 0 Å². The van der Waals surface area contributed by atoms with Gasteiger partial charge >= 0.3 is 0 Å². The summed E-state index contributed by atoms with van der Waals surface area (Å²) in [6.45, 7) is 0. The average molecular weight is 397 g/mol. The molecule has 1 aliphatic rings. The summed E-state index contributed by atoms with van der Waals surface area (Å²) in [7, 11) is 9.64. The molecule has 0 unspecified atom stereocenters. The van der Waals surface area contributed by atoms with Crippen molar-refractivity contribution in [2.75, 3.05) is 42.7 Å². The molecule has 0 saturated heterocycles. The molecule has 152 valence electrons. The normalized spacial score (nSPS) is 11.7. The largest absolute Gasteiger partial charge is 0.493 e. The SMILES string of the molecule is COc1cc2c(c(OC)c1OC)-c1ncc3cc(OC)c(OC)c(OC)c3c1C2. The highest BCUT2D eigenvalue weighted by atomic mass is 16.5. The van der Waals surface area contributed by atoms with E-state index in [1.807, 2.05) is 18.3 Å². The van der Waals surface area contributed by atoms with E-state index in [9.17, 15) is 0 Å². The highest BCUT2D eigenvalue weighted by molar-refractivity contribution is 6.01. The van der Waals surface area contributed by atoms with E-state index in [0.717, 1.165) is 33.2 Å². The van der Waals surface area contributed by atoms with E-state index in [1.165, 1.54) is 0 Å². The Morgan fingerprint density at radius 3 is 1.86 bits per heavy atom. The van der Waals surface area contributed by atoms with Gasteiger partial charge in [-0.3, -0.25) is 4.98 Å². The molecule has 1 heterocycles. The molecule has 0 spiro atoms. The standard InChI is InChI=1S/C22H23NO6/c1-24-14-8-11-7-13-16-12(9-15(25-2)19(26-3)21(16)28-5)10-23-18(13)17(11)22(29-6)20(14)27-4/h8-10H,7H2,1-6H3. The molecular formula is C22H23NO6. The number of rotatable bonds is 6. The van der Waals surface area contributed by atoms with E-state index in [2.05, 4.69) is 0 Å². The number of hydrogen-bond acceptors (Lipinski definition) is 7. The molecule has 0 N–H and O–H groups in total. The monoisotopic (exact) mass is 397 g/mol. The van der Waals surface area contributed by atoms with Crippen molar-refractivity contribution >= 4 is 10.8 Å².